The molecule has 0 radical (unpaired) electrons. The molecule has 2 aliphatic heterocycles. The Morgan fingerprint density at radius 2 is 1.83 bits per heavy atom. The molecule has 4 amide bonds. The smallest absolute Gasteiger partial charge is 0.408 e. The van der Waals surface area contributed by atoms with E-state index in [2.05, 4.69) is 15.4 Å². The van der Waals surface area contributed by atoms with Crippen LogP contribution in [-0.4, -0.2) is 90.3 Å². The molecule has 0 spiro atoms. The number of fused-ring (bicyclic) bond motifs is 7. The van der Waals surface area contributed by atoms with Crippen LogP contribution < -0.4 is 24.8 Å². The van der Waals surface area contributed by atoms with E-state index in [0.717, 1.165) is 12.8 Å². The first kappa shape index (κ1) is 40.7. The number of hydrogen-bond donors (Lipinski definition) is 3. The topological polar surface area (TPSA) is 195 Å². The summed E-state index contributed by atoms with van der Waals surface area (Å²) in [6.45, 7) is 5.08. The summed E-state index contributed by atoms with van der Waals surface area (Å²) < 4.78 is 52.0. The summed E-state index contributed by atoms with van der Waals surface area (Å²) >= 11 is 6.50. The number of ether oxygens (including phenoxy) is 3. The number of alkyl carbamates (subject to hydrolysis) is 1. The number of hydrogen-bond acceptors (Lipinski definition) is 11. The van der Waals surface area contributed by atoms with Crippen molar-refractivity contribution in [1.82, 2.24) is 25.2 Å². The van der Waals surface area contributed by atoms with Gasteiger partial charge in [-0.05, 0) is 95.7 Å². The van der Waals surface area contributed by atoms with Crippen LogP contribution in [0, 0.1) is 5.92 Å². The van der Waals surface area contributed by atoms with Gasteiger partial charge < -0.3 is 34.2 Å². The van der Waals surface area contributed by atoms with Gasteiger partial charge in [-0.2, -0.15) is 0 Å². The molecule has 8 rings (SSSR count). The summed E-state index contributed by atoms with van der Waals surface area (Å²) in [5, 5.41) is 7.31. The average molecular weight is 850 g/mol. The van der Waals surface area contributed by atoms with Crippen molar-refractivity contribution in [2.45, 2.75) is 113 Å². The van der Waals surface area contributed by atoms with Gasteiger partial charge in [0.25, 0.3) is 5.91 Å². The Hall–Kier alpha value is -5.09. The van der Waals surface area contributed by atoms with Crippen LogP contribution in [0.5, 0.6) is 11.6 Å². The number of amides is 4. The largest absolute Gasteiger partial charge is 0.497 e. The number of nitrogens with zero attached hydrogens (tertiary/aromatic N) is 2. The quantitative estimate of drug-likeness (QED) is 0.184. The number of carbonyl (C=O) groups is 4. The number of aromatic nitrogens is 1. The minimum absolute atomic E-state index is 0.0168. The molecule has 59 heavy (non-hydrogen) atoms. The van der Waals surface area contributed by atoms with Gasteiger partial charge in [-0.25, -0.2) is 18.2 Å². The van der Waals surface area contributed by atoms with E-state index in [1.165, 1.54) is 4.90 Å². The van der Waals surface area contributed by atoms with Crippen molar-refractivity contribution in [3.63, 3.8) is 0 Å². The highest BCUT2D eigenvalue weighted by atomic mass is 35.5. The van der Waals surface area contributed by atoms with Crippen molar-refractivity contribution in [2.75, 3.05) is 13.7 Å². The van der Waals surface area contributed by atoms with Crippen LogP contribution in [0.2, 0.25) is 5.02 Å². The number of allylic oxidation sites excluding steroid dienone is 1. The fourth-order valence-electron chi connectivity index (χ4n) is 8.08. The van der Waals surface area contributed by atoms with Gasteiger partial charge in [0, 0.05) is 28.1 Å². The maximum atomic E-state index is 14.7. The number of carbonyl (C=O) groups excluding carboxylic acids is 4. The molecule has 17 heteroatoms. The predicted octanol–water partition coefficient (Wildman–Crippen LogP) is 6.04. The SMILES string of the molecule is COc1ccc2oc3c4ccc(Cl)cc4c(O[C@@H]4C[C@H]5C(=O)N[C@]6(C(=O)NS(=O)(=O)C7CC7)C[C@H]6/C=C\CCCCC[C@H](NC(=O)OC(C)(C)C)C(=O)N5C4)nc3c2c1. The molecular formula is C42H48ClN5O10S. The van der Waals surface area contributed by atoms with E-state index in [0.29, 0.717) is 69.3 Å². The van der Waals surface area contributed by atoms with Gasteiger partial charge in [-0.15, -0.1) is 0 Å². The van der Waals surface area contributed by atoms with Crippen LogP contribution in [0.25, 0.3) is 32.8 Å². The molecule has 314 valence electrons. The van der Waals surface area contributed by atoms with Crippen molar-refractivity contribution in [1.29, 1.82) is 0 Å². The molecule has 2 aromatic heterocycles. The van der Waals surface area contributed by atoms with Crippen LogP contribution in [0.4, 0.5) is 4.79 Å². The van der Waals surface area contributed by atoms with Crippen molar-refractivity contribution in [3.05, 3.63) is 53.6 Å². The summed E-state index contributed by atoms with van der Waals surface area (Å²) in [5.74, 6) is -1.66. The lowest BCUT2D eigenvalue weighted by Gasteiger charge is -2.30. The molecular weight excluding hydrogens is 802 g/mol. The Bertz CT molecular complexity index is 2500. The van der Waals surface area contributed by atoms with Crippen LogP contribution in [-0.2, 0) is 29.1 Å². The summed E-state index contributed by atoms with van der Waals surface area (Å²) in [6.07, 6.45) is 6.37. The molecule has 5 atom stereocenters. The van der Waals surface area contributed by atoms with Gasteiger partial charge in [0.15, 0.2) is 5.58 Å². The molecule has 3 fully saturated rings. The van der Waals surface area contributed by atoms with Crippen LogP contribution in [0.15, 0.2) is 53.0 Å². The molecule has 2 saturated carbocycles. The molecule has 0 bridgehead atoms. The summed E-state index contributed by atoms with van der Waals surface area (Å²) in [5.41, 5.74) is -0.774. The Balaban J connectivity index is 1.16. The van der Waals surface area contributed by atoms with E-state index in [4.69, 9.17) is 35.2 Å². The Morgan fingerprint density at radius 1 is 1.03 bits per heavy atom. The molecule has 2 aliphatic carbocycles. The molecule has 2 aromatic carbocycles. The summed E-state index contributed by atoms with van der Waals surface area (Å²) in [4.78, 5) is 62.5. The summed E-state index contributed by atoms with van der Waals surface area (Å²) in [6, 6.07) is 8.42. The van der Waals surface area contributed by atoms with E-state index < -0.39 is 74.3 Å². The van der Waals surface area contributed by atoms with Crippen LogP contribution >= 0.6 is 11.6 Å². The van der Waals surface area contributed by atoms with Crippen LogP contribution in [0.1, 0.15) is 78.6 Å². The molecule has 4 heterocycles. The van der Waals surface area contributed by atoms with Crippen molar-refractivity contribution in [2.24, 2.45) is 5.92 Å². The van der Waals surface area contributed by atoms with E-state index in [1.807, 2.05) is 24.3 Å². The number of benzene rings is 2. The maximum absolute atomic E-state index is 14.7. The van der Waals surface area contributed by atoms with Gasteiger partial charge in [0.2, 0.25) is 27.7 Å². The van der Waals surface area contributed by atoms with E-state index >= 15 is 0 Å². The molecule has 4 aliphatic rings. The highest BCUT2D eigenvalue weighted by Crippen LogP contribution is 2.46. The molecule has 0 unspecified atom stereocenters. The summed E-state index contributed by atoms with van der Waals surface area (Å²) in [7, 11) is -2.36. The minimum Gasteiger partial charge on any atom is -0.497 e. The Morgan fingerprint density at radius 3 is 2.58 bits per heavy atom. The predicted molar refractivity (Wildman–Crippen MR) is 220 cm³/mol. The molecule has 1 saturated heterocycles. The second-order valence-electron chi connectivity index (χ2n) is 16.9. The number of furan rings is 1. The first-order valence-electron chi connectivity index (χ1n) is 20.1. The van der Waals surface area contributed by atoms with Crippen molar-refractivity contribution in [3.8, 4) is 11.6 Å². The highest BCUT2D eigenvalue weighted by Gasteiger charge is 2.62. The first-order valence-corrected chi connectivity index (χ1v) is 22.0. The standard InChI is InChI=1S/C42H48ClN5O10S/c1-41(2,3)58-40(52)44-31-11-9-7-5-6-8-10-23-21-42(23,39(51)47-59(53,54)27-14-15-27)46-36(49)32-20-26(22-48(32)38(31)50)56-37-29-18-24(43)12-16-28(29)35-34(45-37)30-19-25(55-4)13-17-33(30)57-35/h8,10,12-13,16-19,23,26-27,31-32H,5-7,9,11,14-15,20-22H2,1-4H3,(H,44,52)(H,46,49)(H,47,51)/b10-8-/t23-,26-,31+,32+,42-/m1/s1. The number of halogens is 1. The number of rotatable bonds is 7. The zero-order valence-electron chi connectivity index (χ0n) is 33.3. The van der Waals surface area contributed by atoms with E-state index in [9.17, 15) is 27.6 Å². The van der Waals surface area contributed by atoms with Gasteiger partial charge >= 0.3 is 6.09 Å². The number of sulfonamides is 1. The first-order chi connectivity index (χ1) is 28.0. The number of pyridine rings is 1. The van der Waals surface area contributed by atoms with Gasteiger partial charge in [-0.1, -0.05) is 36.6 Å². The minimum atomic E-state index is -3.92. The van der Waals surface area contributed by atoms with E-state index in [1.54, 1.807) is 52.1 Å². The molecule has 4 aromatic rings. The van der Waals surface area contributed by atoms with Crippen LogP contribution in [0.3, 0.4) is 0 Å². The lowest BCUT2D eigenvalue weighted by Crippen LogP contribution is -2.58. The monoisotopic (exact) mass is 849 g/mol. The highest BCUT2D eigenvalue weighted by molar-refractivity contribution is 7.91. The fourth-order valence-corrected chi connectivity index (χ4v) is 9.62. The lowest BCUT2D eigenvalue weighted by atomic mass is 10.0. The molecule has 3 N–H and O–H groups in total. The second-order valence-corrected chi connectivity index (χ2v) is 19.3. The van der Waals surface area contributed by atoms with Gasteiger partial charge in [0.05, 0.1) is 24.3 Å². The third-order valence-electron chi connectivity index (χ3n) is 11.4. The maximum Gasteiger partial charge on any atom is 0.408 e. The second kappa shape index (κ2) is 15.5. The van der Waals surface area contributed by atoms with Gasteiger partial charge in [0.1, 0.15) is 46.2 Å². The van der Waals surface area contributed by atoms with Crippen molar-refractivity contribution < 1.29 is 46.2 Å². The average Bonchev–Trinajstić information content (AvgIpc) is 4.08. The third kappa shape index (κ3) is 8.38. The third-order valence-corrected chi connectivity index (χ3v) is 13.4. The number of methoxy groups -OCH3 is 1. The van der Waals surface area contributed by atoms with Gasteiger partial charge in [-0.3, -0.25) is 19.1 Å². The molecule has 15 nitrogen and oxygen atoms in total. The van der Waals surface area contributed by atoms with Crippen molar-refractivity contribution >= 4 is 78.3 Å². The lowest BCUT2D eigenvalue weighted by molar-refractivity contribution is -0.141. The fraction of sp³-hybridized carbons (Fsp3) is 0.500. The van der Waals surface area contributed by atoms with E-state index in [-0.39, 0.29) is 31.7 Å². The zero-order valence-corrected chi connectivity index (χ0v) is 34.9. The Kier molecular flexibility index (Phi) is 10.7. The zero-order chi connectivity index (χ0) is 41.9. The number of nitrogens with one attached hydrogen (secondary N) is 3. The normalized spacial score (nSPS) is 25.9. The Labute approximate surface area is 346 Å².